The molecule has 0 radical (unpaired) electrons. The quantitative estimate of drug-likeness (QED) is 0.869. The normalized spacial score (nSPS) is 17.5. The zero-order valence-corrected chi connectivity index (χ0v) is 13.3. The fourth-order valence-corrected chi connectivity index (χ4v) is 3.18. The molecule has 2 heterocycles. The number of carbonyl (C=O) groups excluding carboxylic acids is 1. The minimum atomic E-state index is -0.159. The summed E-state index contributed by atoms with van der Waals surface area (Å²) in [6.45, 7) is 3.39. The molecule has 2 aromatic rings. The molecule has 1 aliphatic rings. The number of pyridine rings is 1. The highest BCUT2D eigenvalue weighted by Gasteiger charge is 2.26. The van der Waals surface area contributed by atoms with Gasteiger partial charge in [0.1, 0.15) is 5.82 Å². The van der Waals surface area contributed by atoms with E-state index in [4.69, 9.17) is 0 Å². The average Bonchev–Trinajstić information content (AvgIpc) is 3.01. The van der Waals surface area contributed by atoms with Crippen LogP contribution in [0, 0.1) is 18.7 Å². The Morgan fingerprint density at radius 2 is 2.22 bits per heavy atom. The largest absolute Gasteiger partial charge is 0.342 e. The van der Waals surface area contributed by atoms with Gasteiger partial charge in [0.2, 0.25) is 5.91 Å². The Morgan fingerprint density at radius 1 is 1.35 bits per heavy atom. The maximum Gasteiger partial charge on any atom is 0.227 e. The van der Waals surface area contributed by atoms with Gasteiger partial charge in [0.05, 0.1) is 6.42 Å². The maximum absolute atomic E-state index is 13.3. The molecule has 0 saturated carbocycles. The molecule has 0 aliphatic carbocycles. The first kappa shape index (κ1) is 15.7. The minimum Gasteiger partial charge on any atom is -0.342 e. The number of halogens is 1. The first-order chi connectivity index (χ1) is 11.1. The van der Waals surface area contributed by atoms with E-state index in [2.05, 4.69) is 4.98 Å². The van der Waals surface area contributed by atoms with Crippen molar-refractivity contribution < 1.29 is 9.18 Å². The molecule has 0 spiro atoms. The Bertz CT molecular complexity index is 687. The van der Waals surface area contributed by atoms with E-state index in [1.165, 1.54) is 6.07 Å². The van der Waals surface area contributed by atoms with Gasteiger partial charge in [-0.25, -0.2) is 4.39 Å². The number of amides is 1. The van der Waals surface area contributed by atoms with Crippen molar-refractivity contribution in [3.63, 3.8) is 0 Å². The molecule has 3 nitrogen and oxygen atoms in total. The molecule has 1 aromatic carbocycles. The van der Waals surface area contributed by atoms with Crippen LogP contribution in [0.1, 0.15) is 23.1 Å². The lowest BCUT2D eigenvalue weighted by Crippen LogP contribution is -2.30. The average molecular weight is 312 g/mol. The smallest absolute Gasteiger partial charge is 0.227 e. The molecule has 0 bridgehead atoms. The number of aromatic nitrogens is 1. The summed E-state index contributed by atoms with van der Waals surface area (Å²) < 4.78 is 13.3. The number of carbonyl (C=O) groups is 1. The summed E-state index contributed by atoms with van der Waals surface area (Å²) in [5.41, 5.74) is 2.79. The van der Waals surface area contributed by atoms with Crippen molar-refractivity contribution in [3.8, 4) is 0 Å². The van der Waals surface area contributed by atoms with Crippen LogP contribution in [0.15, 0.2) is 42.7 Å². The highest BCUT2D eigenvalue weighted by molar-refractivity contribution is 5.78. The molecule has 4 heteroatoms. The van der Waals surface area contributed by atoms with Crippen molar-refractivity contribution in [2.45, 2.75) is 26.2 Å². The van der Waals surface area contributed by atoms with Gasteiger partial charge in [0.15, 0.2) is 0 Å². The fraction of sp³-hybridized carbons (Fsp3) is 0.368. The number of aryl methyl sites for hydroxylation is 1. The van der Waals surface area contributed by atoms with Crippen molar-refractivity contribution in [2.75, 3.05) is 13.1 Å². The lowest BCUT2D eigenvalue weighted by atomic mass is 9.97. The number of benzene rings is 1. The number of hydrogen-bond acceptors (Lipinski definition) is 2. The van der Waals surface area contributed by atoms with Crippen LogP contribution in [0.25, 0.3) is 0 Å². The van der Waals surface area contributed by atoms with Crippen LogP contribution in [-0.2, 0) is 17.6 Å². The third-order valence-corrected chi connectivity index (χ3v) is 4.46. The van der Waals surface area contributed by atoms with Gasteiger partial charge in [0.25, 0.3) is 0 Å². The van der Waals surface area contributed by atoms with Crippen LogP contribution >= 0.6 is 0 Å². The minimum absolute atomic E-state index is 0.159. The number of likely N-dealkylation sites (tertiary alicyclic amines) is 1. The van der Waals surface area contributed by atoms with E-state index in [1.807, 2.05) is 29.2 Å². The Labute approximate surface area is 136 Å². The van der Waals surface area contributed by atoms with E-state index in [9.17, 15) is 9.18 Å². The molecule has 120 valence electrons. The highest BCUT2D eigenvalue weighted by Crippen LogP contribution is 2.22. The second-order valence-electron chi connectivity index (χ2n) is 6.32. The van der Waals surface area contributed by atoms with Gasteiger partial charge >= 0.3 is 0 Å². The summed E-state index contributed by atoms with van der Waals surface area (Å²) in [6, 6.07) is 9.08. The van der Waals surface area contributed by atoms with Crippen molar-refractivity contribution in [3.05, 3.63) is 65.2 Å². The van der Waals surface area contributed by atoms with Crippen LogP contribution in [0.3, 0.4) is 0 Å². The molecule has 1 aliphatic heterocycles. The Hall–Kier alpha value is -2.23. The van der Waals surface area contributed by atoms with Crippen LogP contribution in [-0.4, -0.2) is 28.9 Å². The molecule has 23 heavy (non-hydrogen) atoms. The predicted octanol–water partition coefficient (Wildman–Crippen LogP) is 3.16. The van der Waals surface area contributed by atoms with Crippen LogP contribution in [0.2, 0.25) is 0 Å². The van der Waals surface area contributed by atoms with Gasteiger partial charge < -0.3 is 4.90 Å². The molecule has 1 fully saturated rings. The zero-order chi connectivity index (χ0) is 16.2. The lowest BCUT2D eigenvalue weighted by Gasteiger charge is -2.17. The van der Waals surface area contributed by atoms with Crippen molar-refractivity contribution in [2.24, 2.45) is 5.92 Å². The number of hydrogen-bond donors (Lipinski definition) is 0. The SMILES string of the molecule is Cc1cc(CC2CCN(C(=O)Cc3cccnc3)C2)ccc1F. The highest BCUT2D eigenvalue weighted by atomic mass is 19.1. The van der Waals surface area contributed by atoms with Crippen molar-refractivity contribution >= 4 is 5.91 Å². The molecule has 1 unspecified atom stereocenters. The Kier molecular flexibility index (Phi) is 4.70. The van der Waals surface area contributed by atoms with Gasteiger partial charge in [-0.2, -0.15) is 0 Å². The monoisotopic (exact) mass is 312 g/mol. The maximum atomic E-state index is 13.3. The van der Waals surface area contributed by atoms with Crippen molar-refractivity contribution in [1.29, 1.82) is 0 Å². The van der Waals surface area contributed by atoms with Crippen LogP contribution in [0.4, 0.5) is 4.39 Å². The predicted molar refractivity (Wildman–Crippen MR) is 87.5 cm³/mol. The molecule has 1 saturated heterocycles. The second-order valence-corrected chi connectivity index (χ2v) is 6.32. The van der Waals surface area contributed by atoms with Gasteiger partial charge in [0, 0.05) is 25.5 Å². The van der Waals surface area contributed by atoms with E-state index >= 15 is 0 Å². The molecule has 3 rings (SSSR count). The van der Waals surface area contributed by atoms with Gasteiger partial charge in [-0.05, 0) is 54.5 Å². The van der Waals surface area contributed by atoms with Crippen LogP contribution in [0.5, 0.6) is 0 Å². The molecule has 1 atom stereocenters. The third-order valence-electron chi connectivity index (χ3n) is 4.46. The Balaban J connectivity index is 1.55. The van der Waals surface area contributed by atoms with E-state index in [-0.39, 0.29) is 11.7 Å². The standard InChI is InChI=1S/C19H21FN2O/c1-14-9-15(4-5-18(14)20)10-17-6-8-22(13-17)19(23)11-16-3-2-7-21-12-16/h2-5,7,9,12,17H,6,8,10-11,13H2,1H3. The molecule has 1 amide bonds. The second kappa shape index (κ2) is 6.90. The summed E-state index contributed by atoms with van der Waals surface area (Å²) in [7, 11) is 0. The topological polar surface area (TPSA) is 33.2 Å². The van der Waals surface area contributed by atoms with E-state index in [0.29, 0.717) is 17.9 Å². The molecular weight excluding hydrogens is 291 g/mol. The third kappa shape index (κ3) is 3.95. The summed E-state index contributed by atoms with van der Waals surface area (Å²) >= 11 is 0. The summed E-state index contributed by atoms with van der Waals surface area (Å²) in [4.78, 5) is 18.3. The summed E-state index contributed by atoms with van der Waals surface area (Å²) in [5, 5.41) is 0. The molecular formula is C19H21FN2O. The van der Waals surface area contributed by atoms with Crippen molar-refractivity contribution in [1.82, 2.24) is 9.88 Å². The van der Waals surface area contributed by atoms with Gasteiger partial charge in [-0.1, -0.05) is 18.2 Å². The summed E-state index contributed by atoms with van der Waals surface area (Å²) in [6.07, 6.45) is 5.78. The summed E-state index contributed by atoms with van der Waals surface area (Å²) in [5.74, 6) is 0.460. The van der Waals surface area contributed by atoms with E-state index < -0.39 is 0 Å². The zero-order valence-electron chi connectivity index (χ0n) is 13.3. The van der Waals surface area contributed by atoms with E-state index in [1.54, 1.807) is 19.3 Å². The first-order valence-corrected chi connectivity index (χ1v) is 8.03. The first-order valence-electron chi connectivity index (χ1n) is 8.03. The fourth-order valence-electron chi connectivity index (χ4n) is 3.18. The van der Waals surface area contributed by atoms with Gasteiger partial charge in [-0.15, -0.1) is 0 Å². The van der Waals surface area contributed by atoms with Crippen LogP contribution < -0.4 is 0 Å². The number of rotatable bonds is 4. The van der Waals surface area contributed by atoms with Gasteiger partial charge in [-0.3, -0.25) is 9.78 Å². The lowest BCUT2D eigenvalue weighted by molar-refractivity contribution is -0.129. The van der Waals surface area contributed by atoms with E-state index in [0.717, 1.165) is 37.1 Å². The molecule has 0 N–H and O–H groups in total. The number of nitrogens with zero attached hydrogens (tertiary/aromatic N) is 2. The molecule has 1 aromatic heterocycles. The Morgan fingerprint density at radius 3 is 2.96 bits per heavy atom.